The normalized spacial score (nSPS) is 16.1. The van der Waals surface area contributed by atoms with Crippen molar-refractivity contribution in [3.05, 3.63) is 35.6 Å². The highest BCUT2D eigenvalue weighted by atomic mass is 19.1. The van der Waals surface area contributed by atoms with E-state index in [1.165, 1.54) is 18.9 Å². The Bertz CT molecular complexity index is 576. The molecule has 0 aliphatic carbocycles. The van der Waals surface area contributed by atoms with Gasteiger partial charge in [0.15, 0.2) is 11.6 Å². The molecule has 1 aromatic heterocycles. The summed E-state index contributed by atoms with van der Waals surface area (Å²) in [7, 11) is 0. The van der Waals surface area contributed by atoms with Gasteiger partial charge in [-0.3, -0.25) is 4.90 Å². The summed E-state index contributed by atoms with van der Waals surface area (Å²) in [5, 5.41) is 3.60. The molecule has 1 aromatic carbocycles. The third-order valence-corrected chi connectivity index (χ3v) is 3.46. The molecule has 3 rings (SSSR count). The van der Waals surface area contributed by atoms with E-state index in [9.17, 15) is 4.39 Å². The number of halogens is 1. The Hall–Kier alpha value is -1.88. The molecule has 0 amide bonds. The van der Waals surface area contributed by atoms with Gasteiger partial charge < -0.3 is 10.3 Å². The zero-order chi connectivity index (χ0) is 13.2. The van der Waals surface area contributed by atoms with Crippen LogP contribution in [0.4, 0.5) is 10.2 Å². The highest BCUT2D eigenvalue weighted by Crippen LogP contribution is 2.24. The van der Waals surface area contributed by atoms with Gasteiger partial charge >= 0.3 is 0 Å². The van der Waals surface area contributed by atoms with E-state index in [4.69, 9.17) is 10.3 Å². The van der Waals surface area contributed by atoms with Crippen molar-refractivity contribution in [3.8, 4) is 11.3 Å². The van der Waals surface area contributed by atoms with Crippen LogP contribution in [0.25, 0.3) is 11.3 Å². The molecule has 0 atom stereocenters. The van der Waals surface area contributed by atoms with Crippen molar-refractivity contribution in [3.63, 3.8) is 0 Å². The molecule has 100 valence electrons. The largest absolute Gasteiger partial charge is 0.381 e. The topological polar surface area (TPSA) is 55.3 Å². The lowest BCUT2D eigenvalue weighted by molar-refractivity contribution is 0.325. The molecule has 1 aliphatic rings. The number of likely N-dealkylation sites (tertiary alicyclic amines) is 1. The first kappa shape index (κ1) is 12.2. The Morgan fingerprint density at radius 1 is 1.26 bits per heavy atom. The highest BCUT2D eigenvalue weighted by Gasteiger charge is 2.15. The number of hydrogen-bond donors (Lipinski definition) is 1. The van der Waals surface area contributed by atoms with Crippen molar-refractivity contribution >= 4 is 5.82 Å². The fourth-order valence-electron chi connectivity index (χ4n) is 2.44. The van der Waals surface area contributed by atoms with Crippen molar-refractivity contribution < 1.29 is 8.91 Å². The van der Waals surface area contributed by atoms with Gasteiger partial charge in [0.25, 0.3) is 0 Å². The second kappa shape index (κ2) is 5.01. The van der Waals surface area contributed by atoms with Gasteiger partial charge in [0.2, 0.25) is 0 Å². The predicted molar refractivity (Wildman–Crippen MR) is 70.8 cm³/mol. The van der Waals surface area contributed by atoms with Crippen molar-refractivity contribution in [2.75, 3.05) is 18.8 Å². The van der Waals surface area contributed by atoms with Crippen LogP contribution in [0.1, 0.15) is 18.4 Å². The Balaban J connectivity index is 1.81. The van der Waals surface area contributed by atoms with Crippen molar-refractivity contribution in [1.29, 1.82) is 0 Å². The molecule has 1 aliphatic heterocycles. The van der Waals surface area contributed by atoms with Crippen LogP contribution in [0, 0.1) is 5.82 Å². The number of rotatable bonds is 3. The van der Waals surface area contributed by atoms with Crippen LogP contribution in [0.5, 0.6) is 0 Å². The Kier molecular flexibility index (Phi) is 3.21. The number of nitrogens with two attached hydrogens (primary N) is 1. The van der Waals surface area contributed by atoms with Gasteiger partial charge in [0, 0.05) is 23.7 Å². The molecule has 5 heteroatoms. The minimum Gasteiger partial charge on any atom is -0.381 e. The van der Waals surface area contributed by atoms with Crippen LogP contribution in [0.3, 0.4) is 0 Å². The van der Waals surface area contributed by atoms with Crippen molar-refractivity contribution in [2.24, 2.45) is 0 Å². The Labute approximate surface area is 111 Å². The minimum atomic E-state index is -0.209. The van der Waals surface area contributed by atoms with E-state index in [0.717, 1.165) is 18.7 Å². The summed E-state index contributed by atoms with van der Waals surface area (Å²) in [6, 6.07) is 6.72. The first-order valence-electron chi connectivity index (χ1n) is 6.46. The number of nitrogens with zero attached hydrogens (tertiary/aromatic N) is 2. The summed E-state index contributed by atoms with van der Waals surface area (Å²) in [4.78, 5) is 2.27. The van der Waals surface area contributed by atoms with Crippen LogP contribution < -0.4 is 5.73 Å². The third kappa shape index (κ3) is 2.61. The summed E-state index contributed by atoms with van der Waals surface area (Å²) in [5.41, 5.74) is 6.87. The summed E-state index contributed by atoms with van der Waals surface area (Å²) in [6.07, 6.45) is 2.41. The van der Waals surface area contributed by atoms with Crippen LogP contribution in [0.2, 0.25) is 0 Å². The van der Waals surface area contributed by atoms with Crippen LogP contribution in [0.15, 0.2) is 28.8 Å². The fraction of sp³-hybridized carbons (Fsp3) is 0.357. The molecule has 4 nitrogen and oxygen atoms in total. The standard InChI is InChI=1S/C14H16FN3O/c15-12-7-10(13-8-14(16)17-19-13)3-4-11(12)9-18-5-1-2-6-18/h3-4,7-8H,1-2,5-6,9H2,(H2,16,17). The SMILES string of the molecule is Nc1cc(-c2ccc(CN3CCCC3)c(F)c2)on1. The zero-order valence-electron chi connectivity index (χ0n) is 10.6. The number of hydrogen-bond acceptors (Lipinski definition) is 4. The van der Waals surface area contributed by atoms with Crippen LogP contribution >= 0.6 is 0 Å². The van der Waals surface area contributed by atoms with Gasteiger partial charge in [0.05, 0.1) is 0 Å². The smallest absolute Gasteiger partial charge is 0.169 e. The first-order valence-corrected chi connectivity index (χ1v) is 6.46. The lowest BCUT2D eigenvalue weighted by atomic mass is 10.1. The molecule has 0 bridgehead atoms. The summed E-state index contributed by atoms with van der Waals surface area (Å²) in [6.45, 7) is 2.78. The summed E-state index contributed by atoms with van der Waals surface area (Å²) >= 11 is 0. The molecule has 1 saturated heterocycles. The van der Waals surface area contributed by atoms with E-state index in [-0.39, 0.29) is 5.82 Å². The summed E-state index contributed by atoms with van der Waals surface area (Å²) in [5.74, 6) is 0.583. The molecule has 0 unspecified atom stereocenters. The van der Waals surface area contributed by atoms with E-state index in [0.29, 0.717) is 23.7 Å². The molecule has 2 heterocycles. The molecule has 1 fully saturated rings. The molecule has 0 saturated carbocycles. The van der Waals surface area contributed by atoms with E-state index in [1.807, 2.05) is 12.1 Å². The van der Waals surface area contributed by atoms with Gasteiger partial charge in [-0.2, -0.15) is 0 Å². The van der Waals surface area contributed by atoms with Gasteiger partial charge in [-0.25, -0.2) is 4.39 Å². The Morgan fingerprint density at radius 3 is 2.68 bits per heavy atom. The van der Waals surface area contributed by atoms with Gasteiger partial charge in [-0.15, -0.1) is 0 Å². The summed E-state index contributed by atoms with van der Waals surface area (Å²) < 4.78 is 19.1. The average molecular weight is 261 g/mol. The monoisotopic (exact) mass is 261 g/mol. The lowest BCUT2D eigenvalue weighted by Crippen LogP contribution is -2.19. The molecule has 0 spiro atoms. The Morgan fingerprint density at radius 2 is 2.05 bits per heavy atom. The zero-order valence-corrected chi connectivity index (χ0v) is 10.6. The second-order valence-corrected chi connectivity index (χ2v) is 4.91. The predicted octanol–water partition coefficient (Wildman–Crippen LogP) is 2.66. The molecule has 2 aromatic rings. The quantitative estimate of drug-likeness (QED) is 0.922. The van der Waals surface area contributed by atoms with E-state index in [2.05, 4.69) is 10.1 Å². The first-order chi connectivity index (χ1) is 9.22. The number of benzene rings is 1. The van der Waals surface area contributed by atoms with E-state index in [1.54, 1.807) is 6.07 Å². The van der Waals surface area contributed by atoms with E-state index < -0.39 is 0 Å². The molecule has 0 radical (unpaired) electrons. The maximum absolute atomic E-state index is 14.1. The fourth-order valence-corrected chi connectivity index (χ4v) is 2.44. The van der Waals surface area contributed by atoms with Crippen molar-refractivity contribution in [2.45, 2.75) is 19.4 Å². The van der Waals surface area contributed by atoms with Gasteiger partial charge in [-0.05, 0) is 32.0 Å². The number of aromatic nitrogens is 1. The van der Waals surface area contributed by atoms with Crippen LogP contribution in [-0.4, -0.2) is 23.1 Å². The maximum atomic E-state index is 14.1. The molecular weight excluding hydrogens is 245 g/mol. The molecular formula is C14H16FN3O. The minimum absolute atomic E-state index is 0.209. The molecule has 19 heavy (non-hydrogen) atoms. The van der Waals surface area contributed by atoms with Gasteiger partial charge in [0.1, 0.15) is 5.82 Å². The highest BCUT2D eigenvalue weighted by molar-refractivity contribution is 5.60. The number of anilines is 1. The molecule has 2 N–H and O–H groups in total. The number of nitrogen functional groups attached to an aromatic ring is 1. The van der Waals surface area contributed by atoms with Crippen molar-refractivity contribution in [1.82, 2.24) is 10.1 Å². The average Bonchev–Trinajstić information content (AvgIpc) is 3.03. The second-order valence-electron chi connectivity index (χ2n) is 4.91. The van der Waals surface area contributed by atoms with Crippen LogP contribution in [-0.2, 0) is 6.54 Å². The maximum Gasteiger partial charge on any atom is 0.169 e. The van der Waals surface area contributed by atoms with E-state index >= 15 is 0 Å². The van der Waals surface area contributed by atoms with Gasteiger partial charge in [-0.1, -0.05) is 17.3 Å². The lowest BCUT2D eigenvalue weighted by Gasteiger charge is -2.15. The third-order valence-electron chi connectivity index (χ3n) is 3.46.